The molecule has 0 aliphatic rings. The molecular formula is C15H20BrN3. The van der Waals surface area contributed by atoms with Crippen molar-refractivity contribution in [1.29, 1.82) is 0 Å². The summed E-state index contributed by atoms with van der Waals surface area (Å²) in [5.41, 5.74) is 7.24. The molecule has 0 saturated heterocycles. The SMILES string of the molecule is Cn1ccnc1CCC(CN)Cc1ccc(Br)cc1. The van der Waals surface area contributed by atoms with E-state index in [9.17, 15) is 0 Å². The quantitative estimate of drug-likeness (QED) is 0.889. The zero-order valence-corrected chi connectivity index (χ0v) is 12.8. The van der Waals surface area contributed by atoms with Crippen LogP contribution in [0.25, 0.3) is 0 Å². The first-order valence-electron chi connectivity index (χ1n) is 6.59. The van der Waals surface area contributed by atoms with Gasteiger partial charge in [-0.25, -0.2) is 4.98 Å². The van der Waals surface area contributed by atoms with E-state index in [0.29, 0.717) is 5.92 Å². The number of imidazole rings is 1. The van der Waals surface area contributed by atoms with Crippen molar-refractivity contribution in [2.45, 2.75) is 19.3 Å². The summed E-state index contributed by atoms with van der Waals surface area (Å²) in [6.07, 6.45) is 6.94. The second-order valence-corrected chi connectivity index (χ2v) is 5.84. The normalized spacial score (nSPS) is 12.6. The number of hydrogen-bond acceptors (Lipinski definition) is 2. The summed E-state index contributed by atoms with van der Waals surface area (Å²) in [4.78, 5) is 4.36. The predicted octanol–water partition coefficient (Wildman–Crippen LogP) is 2.93. The number of rotatable bonds is 6. The van der Waals surface area contributed by atoms with E-state index in [1.165, 1.54) is 5.56 Å². The van der Waals surface area contributed by atoms with Crippen LogP contribution < -0.4 is 5.73 Å². The molecule has 0 amide bonds. The lowest BCUT2D eigenvalue weighted by atomic mass is 9.95. The van der Waals surface area contributed by atoms with E-state index in [1.807, 2.05) is 19.4 Å². The molecule has 2 N–H and O–H groups in total. The van der Waals surface area contributed by atoms with Crippen LogP contribution >= 0.6 is 15.9 Å². The lowest BCUT2D eigenvalue weighted by molar-refractivity contribution is 0.484. The topological polar surface area (TPSA) is 43.8 Å². The van der Waals surface area contributed by atoms with E-state index in [0.717, 1.165) is 36.1 Å². The second kappa shape index (κ2) is 6.87. The molecule has 0 saturated carbocycles. The number of nitrogens with zero attached hydrogens (tertiary/aromatic N) is 2. The zero-order valence-electron chi connectivity index (χ0n) is 11.2. The molecule has 0 aliphatic carbocycles. The molecule has 4 heteroatoms. The Morgan fingerprint density at radius 2 is 2.05 bits per heavy atom. The van der Waals surface area contributed by atoms with Gasteiger partial charge in [0.25, 0.3) is 0 Å². The summed E-state index contributed by atoms with van der Waals surface area (Å²) in [6, 6.07) is 8.49. The second-order valence-electron chi connectivity index (χ2n) is 4.93. The molecule has 102 valence electrons. The van der Waals surface area contributed by atoms with E-state index >= 15 is 0 Å². The van der Waals surface area contributed by atoms with Crippen molar-refractivity contribution in [1.82, 2.24) is 9.55 Å². The molecule has 0 fully saturated rings. The Morgan fingerprint density at radius 1 is 1.32 bits per heavy atom. The van der Waals surface area contributed by atoms with E-state index in [4.69, 9.17) is 5.73 Å². The molecule has 0 radical (unpaired) electrons. The van der Waals surface area contributed by atoms with Gasteiger partial charge in [0, 0.05) is 30.3 Å². The largest absolute Gasteiger partial charge is 0.338 e. The summed E-state index contributed by atoms with van der Waals surface area (Å²) in [6.45, 7) is 0.723. The Hall–Kier alpha value is -1.13. The molecule has 1 aromatic heterocycles. The van der Waals surface area contributed by atoms with Crippen LogP contribution in [0.1, 0.15) is 17.8 Å². The summed E-state index contributed by atoms with van der Waals surface area (Å²) in [7, 11) is 2.04. The highest BCUT2D eigenvalue weighted by molar-refractivity contribution is 9.10. The first-order chi connectivity index (χ1) is 9.19. The van der Waals surface area contributed by atoms with Gasteiger partial charge in [-0.2, -0.15) is 0 Å². The maximum atomic E-state index is 5.89. The predicted molar refractivity (Wildman–Crippen MR) is 81.9 cm³/mol. The van der Waals surface area contributed by atoms with Gasteiger partial charge in [-0.1, -0.05) is 28.1 Å². The average molecular weight is 322 g/mol. The molecule has 0 aliphatic heterocycles. The molecule has 19 heavy (non-hydrogen) atoms. The summed E-state index contributed by atoms with van der Waals surface area (Å²) in [5, 5.41) is 0. The van der Waals surface area contributed by atoms with Crippen LogP contribution in [-0.4, -0.2) is 16.1 Å². The Morgan fingerprint density at radius 3 is 2.63 bits per heavy atom. The first kappa shape index (κ1) is 14.3. The lowest BCUT2D eigenvalue weighted by Crippen LogP contribution is -2.18. The van der Waals surface area contributed by atoms with Crippen molar-refractivity contribution in [3.63, 3.8) is 0 Å². The Bertz CT molecular complexity index is 504. The van der Waals surface area contributed by atoms with Crippen molar-refractivity contribution in [3.8, 4) is 0 Å². The smallest absolute Gasteiger partial charge is 0.108 e. The average Bonchev–Trinajstić information content (AvgIpc) is 2.82. The summed E-state index contributed by atoms with van der Waals surface area (Å²) in [5.74, 6) is 1.65. The van der Waals surface area contributed by atoms with Crippen molar-refractivity contribution in [2.75, 3.05) is 6.54 Å². The van der Waals surface area contributed by atoms with Gasteiger partial charge >= 0.3 is 0 Å². The third-order valence-electron chi connectivity index (χ3n) is 3.47. The minimum atomic E-state index is 0.512. The van der Waals surface area contributed by atoms with E-state index < -0.39 is 0 Å². The zero-order chi connectivity index (χ0) is 13.7. The maximum absolute atomic E-state index is 5.89. The van der Waals surface area contributed by atoms with Crippen LogP contribution in [0.4, 0.5) is 0 Å². The van der Waals surface area contributed by atoms with Crippen molar-refractivity contribution in [3.05, 3.63) is 52.5 Å². The van der Waals surface area contributed by atoms with Crippen molar-refractivity contribution in [2.24, 2.45) is 18.7 Å². The molecule has 1 unspecified atom stereocenters. The molecule has 0 spiro atoms. The fourth-order valence-corrected chi connectivity index (χ4v) is 2.49. The fourth-order valence-electron chi connectivity index (χ4n) is 2.23. The molecule has 2 rings (SSSR count). The summed E-state index contributed by atoms with van der Waals surface area (Å²) >= 11 is 3.46. The van der Waals surface area contributed by atoms with Gasteiger partial charge in [-0.3, -0.25) is 0 Å². The highest BCUT2D eigenvalue weighted by Crippen LogP contribution is 2.16. The van der Waals surface area contributed by atoms with E-state index in [1.54, 1.807) is 0 Å². The Kier molecular flexibility index (Phi) is 5.16. The number of aryl methyl sites for hydroxylation is 2. The molecule has 3 nitrogen and oxygen atoms in total. The van der Waals surface area contributed by atoms with Crippen LogP contribution in [0.3, 0.4) is 0 Å². The highest BCUT2D eigenvalue weighted by atomic mass is 79.9. The number of benzene rings is 1. The highest BCUT2D eigenvalue weighted by Gasteiger charge is 2.10. The van der Waals surface area contributed by atoms with E-state index in [-0.39, 0.29) is 0 Å². The number of halogens is 1. The third kappa shape index (κ3) is 4.18. The van der Waals surface area contributed by atoms with Crippen LogP contribution in [0.5, 0.6) is 0 Å². The molecule has 1 aromatic carbocycles. The van der Waals surface area contributed by atoms with Crippen LogP contribution in [0, 0.1) is 5.92 Å². The molecule has 2 aromatic rings. The number of aromatic nitrogens is 2. The Balaban J connectivity index is 1.90. The standard InChI is InChI=1S/C15H20BrN3/c1-19-9-8-18-15(19)7-4-13(11-17)10-12-2-5-14(16)6-3-12/h2-3,5-6,8-9,13H,4,7,10-11,17H2,1H3. The van der Waals surface area contributed by atoms with Gasteiger partial charge in [0.1, 0.15) is 5.82 Å². The number of nitrogens with two attached hydrogens (primary N) is 1. The van der Waals surface area contributed by atoms with E-state index in [2.05, 4.69) is 49.7 Å². The summed E-state index contributed by atoms with van der Waals surface area (Å²) < 4.78 is 3.20. The monoisotopic (exact) mass is 321 g/mol. The lowest BCUT2D eigenvalue weighted by Gasteiger charge is -2.14. The third-order valence-corrected chi connectivity index (χ3v) is 4.00. The molecule has 0 bridgehead atoms. The fraction of sp³-hybridized carbons (Fsp3) is 0.400. The first-order valence-corrected chi connectivity index (χ1v) is 7.39. The molecule has 1 heterocycles. The van der Waals surface area contributed by atoms with Crippen molar-refractivity contribution < 1.29 is 0 Å². The molecular weight excluding hydrogens is 302 g/mol. The maximum Gasteiger partial charge on any atom is 0.108 e. The minimum Gasteiger partial charge on any atom is -0.338 e. The van der Waals surface area contributed by atoms with Gasteiger partial charge < -0.3 is 10.3 Å². The number of hydrogen-bond donors (Lipinski definition) is 1. The van der Waals surface area contributed by atoms with Crippen LogP contribution in [-0.2, 0) is 19.9 Å². The van der Waals surface area contributed by atoms with Gasteiger partial charge in [-0.15, -0.1) is 0 Å². The van der Waals surface area contributed by atoms with Gasteiger partial charge in [0.15, 0.2) is 0 Å². The molecule has 1 atom stereocenters. The Labute approximate surface area is 123 Å². The van der Waals surface area contributed by atoms with Crippen LogP contribution in [0.15, 0.2) is 41.1 Å². The minimum absolute atomic E-state index is 0.512. The van der Waals surface area contributed by atoms with Crippen molar-refractivity contribution >= 4 is 15.9 Å². The van der Waals surface area contributed by atoms with Gasteiger partial charge in [0.2, 0.25) is 0 Å². The van der Waals surface area contributed by atoms with Gasteiger partial charge in [-0.05, 0) is 43.0 Å². The van der Waals surface area contributed by atoms with Crippen LogP contribution in [0.2, 0.25) is 0 Å². The van der Waals surface area contributed by atoms with Gasteiger partial charge in [0.05, 0.1) is 0 Å².